The molecule has 0 bridgehead atoms. The van der Waals surface area contributed by atoms with Crippen molar-refractivity contribution in [1.82, 2.24) is 0 Å². The fraction of sp³-hybridized carbons (Fsp3) is 0.118. The Hall–Kier alpha value is -5.50. The van der Waals surface area contributed by atoms with Crippen LogP contribution in [0.25, 0.3) is 22.3 Å². The number of hydrogen-bond acceptors (Lipinski definition) is 8. The van der Waals surface area contributed by atoms with Gasteiger partial charge in [-0.1, -0.05) is 50.1 Å². The van der Waals surface area contributed by atoms with Crippen molar-refractivity contribution in [3.63, 3.8) is 0 Å². The summed E-state index contributed by atoms with van der Waals surface area (Å²) in [5.41, 5.74) is 2.67. The molecule has 3 aromatic rings. The fourth-order valence-electron chi connectivity index (χ4n) is 3.44. The molecule has 0 aliphatic rings. The van der Waals surface area contributed by atoms with E-state index in [1.807, 2.05) is 0 Å². The van der Waals surface area contributed by atoms with Gasteiger partial charge in [0.15, 0.2) is 0 Å². The summed E-state index contributed by atoms with van der Waals surface area (Å²) in [6.45, 7) is 17.1. The van der Waals surface area contributed by atoms with Gasteiger partial charge in [-0.05, 0) is 75.2 Å². The van der Waals surface area contributed by atoms with Crippen LogP contribution in [0.1, 0.15) is 27.7 Å². The molecule has 0 unspecified atom stereocenters. The molecular formula is C34H30O8. The lowest BCUT2D eigenvalue weighted by Crippen LogP contribution is -2.10. The summed E-state index contributed by atoms with van der Waals surface area (Å²) < 4.78 is 21.9. The van der Waals surface area contributed by atoms with Crippen molar-refractivity contribution < 1.29 is 38.1 Å². The first-order valence-corrected chi connectivity index (χ1v) is 12.8. The van der Waals surface area contributed by atoms with E-state index >= 15 is 0 Å². The molecule has 0 heterocycles. The van der Waals surface area contributed by atoms with E-state index in [1.165, 1.54) is 13.0 Å². The standard InChI is InChI=1S/C34H30O8/c1-8-9-31(35)41-29-18-28(24-12-16-26(17-13-24)40-33(37)21(4)5)30(42-34(38)22(6)7)19-27(29)23-10-14-25(15-11-23)39-32(36)20(2)3/h8-19H,2,4,6H2,1,3,5,7H3/b9-8+. The van der Waals surface area contributed by atoms with Crippen LogP contribution in [0, 0.1) is 0 Å². The van der Waals surface area contributed by atoms with Crippen molar-refractivity contribution in [3.05, 3.63) is 109 Å². The maximum absolute atomic E-state index is 12.6. The van der Waals surface area contributed by atoms with Crippen molar-refractivity contribution >= 4 is 23.9 Å². The highest BCUT2D eigenvalue weighted by atomic mass is 16.5. The molecule has 0 aromatic heterocycles. The van der Waals surface area contributed by atoms with Gasteiger partial charge in [-0.3, -0.25) is 0 Å². The van der Waals surface area contributed by atoms with Gasteiger partial charge in [-0.15, -0.1) is 0 Å². The minimum Gasteiger partial charge on any atom is -0.423 e. The smallest absolute Gasteiger partial charge is 0.338 e. The Bertz CT molecular complexity index is 1610. The average Bonchev–Trinajstić information content (AvgIpc) is 2.94. The normalized spacial score (nSPS) is 10.5. The van der Waals surface area contributed by atoms with E-state index in [1.54, 1.807) is 87.5 Å². The van der Waals surface area contributed by atoms with Crippen molar-refractivity contribution in [2.45, 2.75) is 27.7 Å². The summed E-state index contributed by atoms with van der Waals surface area (Å²) in [4.78, 5) is 48.9. The van der Waals surface area contributed by atoms with Gasteiger partial charge < -0.3 is 18.9 Å². The molecule has 0 fully saturated rings. The van der Waals surface area contributed by atoms with Crippen LogP contribution in [0.15, 0.2) is 109 Å². The van der Waals surface area contributed by atoms with Crippen LogP contribution in [0.3, 0.4) is 0 Å². The number of hydrogen-bond donors (Lipinski definition) is 0. The number of allylic oxidation sites excluding steroid dienone is 1. The molecule has 0 aliphatic carbocycles. The molecule has 0 N–H and O–H groups in total. The van der Waals surface area contributed by atoms with Crippen molar-refractivity contribution in [1.29, 1.82) is 0 Å². The Labute approximate surface area is 244 Å². The third-order valence-corrected chi connectivity index (χ3v) is 5.59. The summed E-state index contributed by atoms with van der Waals surface area (Å²) in [5, 5.41) is 0. The molecule has 0 saturated heterocycles. The van der Waals surface area contributed by atoms with E-state index in [2.05, 4.69) is 19.7 Å². The first kappa shape index (κ1) is 31.0. The predicted molar refractivity (Wildman–Crippen MR) is 159 cm³/mol. The summed E-state index contributed by atoms with van der Waals surface area (Å²) in [6.07, 6.45) is 2.81. The Balaban J connectivity index is 2.16. The monoisotopic (exact) mass is 566 g/mol. The minimum absolute atomic E-state index is 0.160. The van der Waals surface area contributed by atoms with E-state index in [0.717, 1.165) is 0 Å². The molecule has 0 spiro atoms. The molecule has 0 radical (unpaired) electrons. The molecule has 8 heteroatoms. The van der Waals surface area contributed by atoms with Gasteiger partial charge in [0.05, 0.1) is 0 Å². The SMILES string of the molecule is C=C(C)C(=O)Oc1ccc(-c2cc(OC(=O)C(=C)C)c(-c3ccc(OC(=O)C(=C)C)cc3)cc2OC(=O)/C=C/C)cc1. The number of ether oxygens (including phenoxy) is 4. The summed E-state index contributed by atoms with van der Waals surface area (Å²) in [5.74, 6) is -1.50. The zero-order valence-electron chi connectivity index (χ0n) is 23.8. The zero-order chi connectivity index (χ0) is 31.0. The molecule has 0 saturated carbocycles. The van der Waals surface area contributed by atoms with E-state index < -0.39 is 23.9 Å². The van der Waals surface area contributed by atoms with Gasteiger partial charge in [0.1, 0.15) is 23.0 Å². The summed E-state index contributed by atoms with van der Waals surface area (Å²) in [7, 11) is 0. The first-order valence-electron chi connectivity index (χ1n) is 12.8. The van der Waals surface area contributed by atoms with Gasteiger partial charge in [0, 0.05) is 33.9 Å². The summed E-state index contributed by atoms with van der Waals surface area (Å²) in [6, 6.07) is 16.1. The number of benzene rings is 3. The topological polar surface area (TPSA) is 105 Å². The highest BCUT2D eigenvalue weighted by Gasteiger charge is 2.20. The lowest BCUT2D eigenvalue weighted by atomic mass is 9.97. The summed E-state index contributed by atoms with van der Waals surface area (Å²) >= 11 is 0. The zero-order valence-corrected chi connectivity index (χ0v) is 23.8. The van der Waals surface area contributed by atoms with Crippen LogP contribution in [0.4, 0.5) is 0 Å². The highest BCUT2D eigenvalue weighted by molar-refractivity contribution is 5.93. The van der Waals surface area contributed by atoms with Gasteiger partial charge in [0.2, 0.25) is 0 Å². The second kappa shape index (κ2) is 13.7. The number of carbonyl (C=O) groups is 4. The maximum Gasteiger partial charge on any atom is 0.338 e. The van der Waals surface area contributed by atoms with Gasteiger partial charge in [-0.25, -0.2) is 19.2 Å². The van der Waals surface area contributed by atoms with Crippen LogP contribution in [0.5, 0.6) is 23.0 Å². The lowest BCUT2D eigenvalue weighted by molar-refractivity contribution is -0.130. The van der Waals surface area contributed by atoms with Gasteiger partial charge in [-0.2, -0.15) is 0 Å². The third-order valence-electron chi connectivity index (χ3n) is 5.59. The molecule has 42 heavy (non-hydrogen) atoms. The van der Waals surface area contributed by atoms with E-state index in [0.29, 0.717) is 22.3 Å². The molecule has 3 rings (SSSR count). The predicted octanol–water partition coefficient (Wildman–Crippen LogP) is 6.95. The molecule has 0 atom stereocenters. The number of rotatable bonds is 10. The molecule has 214 valence electrons. The largest absolute Gasteiger partial charge is 0.423 e. The fourth-order valence-corrected chi connectivity index (χ4v) is 3.44. The number of esters is 4. The Morgan fingerprint density at radius 1 is 0.571 bits per heavy atom. The van der Waals surface area contributed by atoms with Crippen molar-refractivity contribution in [2.75, 3.05) is 0 Å². The van der Waals surface area contributed by atoms with E-state index in [4.69, 9.17) is 18.9 Å². The maximum atomic E-state index is 12.6. The highest BCUT2D eigenvalue weighted by Crippen LogP contribution is 2.42. The Morgan fingerprint density at radius 2 is 0.929 bits per heavy atom. The van der Waals surface area contributed by atoms with Crippen LogP contribution >= 0.6 is 0 Å². The Kier molecular flexibility index (Phi) is 10.1. The van der Waals surface area contributed by atoms with E-state index in [9.17, 15) is 19.2 Å². The minimum atomic E-state index is -0.657. The quantitative estimate of drug-likeness (QED) is 0.148. The van der Waals surface area contributed by atoms with E-state index in [-0.39, 0.29) is 39.7 Å². The van der Waals surface area contributed by atoms with Crippen molar-refractivity contribution in [2.24, 2.45) is 0 Å². The molecule has 0 amide bonds. The number of carbonyl (C=O) groups excluding carboxylic acids is 4. The molecule has 0 aliphatic heterocycles. The van der Waals surface area contributed by atoms with Crippen molar-refractivity contribution in [3.8, 4) is 45.3 Å². The average molecular weight is 567 g/mol. The third kappa shape index (κ3) is 8.02. The van der Waals surface area contributed by atoms with Crippen LogP contribution in [-0.2, 0) is 19.2 Å². The first-order chi connectivity index (χ1) is 19.9. The molecule has 3 aromatic carbocycles. The molecule has 8 nitrogen and oxygen atoms in total. The van der Waals surface area contributed by atoms with Crippen LogP contribution in [0.2, 0.25) is 0 Å². The lowest BCUT2D eigenvalue weighted by Gasteiger charge is -2.17. The van der Waals surface area contributed by atoms with Gasteiger partial charge in [0.25, 0.3) is 0 Å². The van der Waals surface area contributed by atoms with Gasteiger partial charge >= 0.3 is 23.9 Å². The van der Waals surface area contributed by atoms with Crippen LogP contribution in [-0.4, -0.2) is 23.9 Å². The Morgan fingerprint density at radius 3 is 1.29 bits per heavy atom. The second-order valence-electron chi connectivity index (χ2n) is 9.32. The second-order valence-corrected chi connectivity index (χ2v) is 9.32. The molecular weight excluding hydrogens is 536 g/mol. The van der Waals surface area contributed by atoms with Crippen LogP contribution < -0.4 is 18.9 Å².